The number of nitrogens with one attached hydrogen (secondary N) is 1. The van der Waals surface area contributed by atoms with Crippen molar-refractivity contribution >= 4 is 11.9 Å². The third kappa shape index (κ3) is 46.6. The van der Waals surface area contributed by atoms with Gasteiger partial charge in [-0.3, -0.25) is 9.59 Å². The molecule has 0 radical (unpaired) electrons. The van der Waals surface area contributed by atoms with E-state index in [-0.39, 0.29) is 24.9 Å². The molecular formula is C58H109NO5. The molecule has 6 nitrogen and oxygen atoms in total. The van der Waals surface area contributed by atoms with Crippen LogP contribution in [0.15, 0.2) is 36.5 Å². The van der Waals surface area contributed by atoms with E-state index in [1.807, 2.05) is 6.08 Å². The molecule has 1 amide bonds. The molecule has 0 aliphatic rings. The summed E-state index contributed by atoms with van der Waals surface area (Å²) in [4.78, 5) is 26.2. The van der Waals surface area contributed by atoms with Gasteiger partial charge < -0.3 is 20.3 Å². The average Bonchev–Trinajstić information content (AvgIpc) is 3.29. The molecule has 0 bridgehead atoms. The van der Waals surface area contributed by atoms with E-state index in [1.54, 1.807) is 0 Å². The molecule has 3 N–H and O–H groups in total. The molecule has 64 heavy (non-hydrogen) atoms. The van der Waals surface area contributed by atoms with Gasteiger partial charge in [0.25, 0.3) is 0 Å². The highest BCUT2D eigenvalue weighted by Crippen LogP contribution is 2.19. The van der Waals surface area contributed by atoms with Gasteiger partial charge in [-0.25, -0.2) is 0 Å². The molecule has 0 aliphatic carbocycles. The number of ether oxygens (including phenoxy) is 1. The number of hydrogen-bond acceptors (Lipinski definition) is 5. The van der Waals surface area contributed by atoms with Crippen molar-refractivity contribution in [3.63, 3.8) is 0 Å². The smallest absolute Gasteiger partial charge is 0.306 e. The second kappa shape index (κ2) is 52.1. The summed E-state index contributed by atoms with van der Waals surface area (Å²) in [5.41, 5.74) is 0. The molecule has 376 valence electrons. The van der Waals surface area contributed by atoms with E-state index >= 15 is 0 Å². The molecule has 0 heterocycles. The van der Waals surface area contributed by atoms with Crippen molar-refractivity contribution in [2.75, 3.05) is 6.61 Å². The fourth-order valence-electron chi connectivity index (χ4n) is 8.79. The van der Waals surface area contributed by atoms with Gasteiger partial charge >= 0.3 is 5.97 Å². The molecule has 0 aromatic carbocycles. The summed E-state index contributed by atoms with van der Waals surface area (Å²) < 4.78 is 5.93. The van der Waals surface area contributed by atoms with Crippen molar-refractivity contribution in [3.05, 3.63) is 36.5 Å². The Hall–Kier alpha value is -1.92. The molecule has 3 atom stereocenters. The number of unbranched alkanes of at least 4 members (excludes halogenated alkanes) is 35. The van der Waals surface area contributed by atoms with Crippen LogP contribution in [0.3, 0.4) is 0 Å². The number of aliphatic hydroxyl groups is 2. The minimum Gasteiger partial charge on any atom is -0.462 e. The third-order valence-electron chi connectivity index (χ3n) is 13.0. The second-order valence-electron chi connectivity index (χ2n) is 19.4. The van der Waals surface area contributed by atoms with Gasteiger partial charge in [0, 0.05) is 6.42 Å². The zero-order chi connectivity index (χ0) is 46.7. The Labute approximate surface area is 398 Å². The fourth-order valence-corrected chi connectivity index (χ4v) is 8.79. The predicted octanol–water partition coefficient (Wildman–Crippen LogP) is 17.2. The van der Waals surface area contributed by atoms with Gasteiger partial charge in [0.15, 0.2) is 0 Å². The van der Waals surface area contributed by atoms with E-state index in [0.717, 1.165) is 70.6 Å². The van der Waals surface area contributed by atoms with E-state index < -0.39 is 18.2 Å². The zero-order valence-electron chi connectivity index (χ0n) is 42.9. The highest BCUT2D eigenvalue weighted by atomic mass is 16.5. The van der Waals surface area contributed by atoms with Crippen LogP contribution in [0.5, 0.6) is 0 Å². The number of rotatable bonds is 51. The lowest BCUT2D eigenvalue weighted by atomic mass is 10.0. The maximum atomic E-state index is 13.2. The molecule has 0 saturated carbocycles. The maximum Gasteiger partial charge on any atom is 0.306 e. The standard InChI is InChI=1S/C58H109NO5/c1-4-7-10-13-16-19-22-24-26-27-28-29-31-33-36-39-42-45-48-51-58(63)64-54(49-46-43-40-37-34-21-18-15-12-9-6-3)52-57(62)59-55(53-60)56(61)50-47-44-41-38-35-32-30-25-23-20-17-14-11-8-5-2/h9,12,15,18,21,34,54-56,60-61H,4-8,10-11,13-14,16-17,19-20,22-33,35-53H2,1-3H3,(H,59,62)/b12-9+,18-15+,34-21-. The Kier molecular flexibility index (Phi) is 50.5. The summed E-state index contributed by atoms with van der Waals surface area (Å²) in [6, 6.07) is -0.710. The second-order valence-corrected chi connectivity index (χ2v) is 19.4. The summed E-state index contributed by atoms with van der Waals surface area (Å²) in [6.07, 6.45) is 62.2. The van der Waals surface area contributed by atoms with Crippen LogP contribution >= 0.6 is 0 Å². The summed E-state index contributed by atoms with van der Waals surface area (Å²) in [7, 11) is 0. The number of carbonyl (C=O) groups is 2. The number of allylic oxidation sites excluding steroid dienone is 6. The van der Waals surface area contributed by atoms with Gasteiger partial charge in [-0.15, -0.1) is 0 Å². The topological polar surface area (TPSA) is 95.9 Å². The van der Waals surface area contributed by atoms with Gasteiger partial charge in [0.1, 0.15) is 6.10 Å². The Morgan fingerprint density at radius 1 is 0.469 bits per heavy atom. The summed E-state index contributed by atoms with van der Waals surface area (Å²) in [5, 5.41) is 23.8. The largest absolute Gasteiger partial charge is 0.462 e. The van der Waals surface area contributed by atoms with Crippen LogP contribution in [0.25, 0.3) is 0 Å². The van der Waals surface area contributed by atoms with E-state index in [2.05, 4.69) is 56.5 Å². The fraction of sp³-hybridized carbons (Fsp3) is 0.862. The van der Waals surface area contributed by atoms with Crippen LogP contribution in [0.4, 0.5) is 0 Å². The van der Waals surface area contributed by atoms with Crippen molar-refractivity contribution in [1.82, 2.24) is 5.32 Å². The highest BCUT2D eigenvalue weighted by molar-refractivity contribution is 5.77. The van der Waals surface area contributed by atoms with Gasteiger partial charge in [-0.2, -0.15) is 0 Å². The summed E-state index contributed by atoms with van der Waals surface area (Å²) in [6.45, 7) is 6.37. The van der Waals surface area contributed by atoms with Gasteiger partial charge in [-0.05, 0) is 44.9 Å². The molecule has 3 unspecified atom stereocenters. The molecule has 0 fully saturated rings. The number of aliphatic hydroxyl groups excluding tert-OH is 2. The minimum atomic E-state index is -0.795. The number of carbonyl (C=O) groups excluding carboxylic acids is 2. The Morgan fingerprint density at radius 2 is 0.844 bits per heavy atom. The van der Waals surface area contributed by atoms with Crippen molar-refractivity contribution in [3.8, 4) is 0 Å². The Bertz CT molecular complexity index is 1060. The van der Waals surface area contributed by atoms with Gasteiger partial charge in [-0.1, -0.05) is 276 Å². The van der Waals surface area contributed by atoms with Crippen molar-refractivity contribution in [1.29, 1.82) is 0 Å². The first-order chi connectivity index (χ1) is 31.5. The molecule has 6 heteroatoms. The van der Waals surface area contributed by atoms with Crippen LogP contribution < -0.4 is 5.32 Å². The normalized spacial score (nSPS) is 13.4. The molecule has 0 spiro atoms. The lowest BCUT2D eigenvalue weighted by Gasteiger charge is -2.24. The van der Waals surface area contributed by atoms with Crippen LogP contribution in [0.2, 0.25) is 0 Å². The Balaban J connectivity index is 4.44. The molecule has 0 aromatic heterocycles. The quantitative estimate of drug-likeness (QED) is 0.0321. The minimum absolute atomic E-state index is 0.0586. The Morgan fingerprint density at radius 3 is 1.27 bits per heavy atom. The lowest BCUT2D eigenvalue weighted by Crippen LogP contribution is -2.46. The highest BCUT2D eigenvalue weighted by Gasteiger charge is 2.24. The first-order valence-corrected chi connectivity index (χ1v) is 28.2. The molecule has 0 aliphatic heterocycles. The summed E-state index contributed by atoms with van der Waals surface area (Å²) in [5.74, 6) is -0.494. The zero-order valence-corrected chi connectivity index (χ0v) is 42.9. The third-order valence-corrected chi connectivity index (χ3v) is 13.0. The molecular weight excluding hydrogens is 791 g/mol. The predicted molar refractivity (Wildman–Crippen MR) is 278 cm³/mol. The van der Waals surface area contributed by atoms with E-state index in [9.17, 15) is 19.8 Å². The molecule has 0 rings (SSSR count). The molecule has 0 aromatic rings. The first-order valence-electron chi connectivity index (χ1n) is 28.2. The first kappa shape index (κ1) is 62.1. The van der Waals surface area contributed by atoms with Crippen molar-refractivity contribution in [2.24, 2.45) is 0 Å². The van der Waals surface area contributed by atoms with Crippen LogP contribution in [0.1, 0.15) is 297 Å². The SMILES string of the molecule is CC/C=C/C=C/C=C\CCCCCC(CC(=O)NC(CO)C(O)CCCCCCCCCCCCCCCCC)OC(=O)CCCCCCCCCCCCCCCCCCCCC. The van der Waals surface area contributed by atoms with E-state index in [4.69, 9.17) is 4.74 Å². The van der Waals surface area contributed by atoms with Gasteiger partial charge in [0.05, 0.1) is 25.2 Å². The van der Waals surface area contributed by atoms with E-state index in [0.29, 0.717) is 19.3 Å². The monoisotopic (exact) mass is 900 g/mol. The van der Waals surface area contributed by atoms with E-state index in [1.165, 1.54) is 180 Å². The average molecular weight is 901 g/mol. The number of esters is 1. The van der Waals surface area contributed by atoms with Crippen LogP contribution in [-0.2, 0) is 14.3 Å². The van der Waals surface area contributed by atoms with Gasteiger partial charge in [0.2, 0.25) is 5.91 Å². The van der Waals surface area contributed by atoms with Crippen LogP contribution in [0, 0.1) is 0 Å². The maximum absolute atomic E-state index is 13.2. The summed E-state index contributed by atoms with van der Waals surface area (Å²) >= 11 is 0. The number of amides is 1. The molecule has 0 saturated heterocycles. The lowest BCUT2D eigenvalue weighted by molar-refractivity contribution is -0.151. The van der Waals surface area contributed by atoms with Crippen molar-refractivity contribution < 1.29 is 24.5 Å². The van der Waals surface area contributed by atoms with Crippen molar-refractivity contribution in [2.45, 2.75) is 315 Å². The van der Waals surface area contributed by atoms with Crippen LogP contribution in [-0.4, -0.2) is 46.9 Å². The number of hydrogen-bond donors (Lipinski definition) is 3.